The van der Waals surface area contributed by atoms with Crippen molar-refractivity contribution in [2.24, 2.45) is 9.98 Å². The Morgan fingerprint density at radius 3 is 1.25 bits per heavy atom. The van der Waals surface area contributed by atoms with E-state index in [-0.39, 0.29) is 17.5 Å². The number of nitrogens with zero attached hydrogens (tertiary/aromatic N) is 2. The Hall–Kier alpha value is -3.02. The topological polar surface area (TPSA) is 83.6 Å². The lowest BCUT2D eigenvalue weighted by Crippen LogP contribution is -2.04. The lowest BCUT2D eigenvalue weighted by Gasteiger charge is -2.09. The van der Waals surface area contributed by atoms with Crippen LogP contribution >= 0.6 is 0 Å². The summed E-state index contributed by atoms with van der Waals surface area (Å²) in [7, 11) is 0. The van der Waals surface area contributed by atoms with Gasteiger partial charge in [0.1, 0.15) is 23.0 Å². The largest absolute Gasteiger partial charge is 0.507 e. The maximum absolute atomic E-state index is 10.4. The van der Waals surface area contributed by atoms with Crippen LogP contribution in [0.25, 0.3) is 0 Å². The van der Waals surface area contributed by atoms with Crippen LogP contribution in [-0.4, -0.2) is 48.4 Å². The van der Waals surface area contributed by atoms with Crippen molar-refractivity contribution in [2.75, 3.05) is 19.8 Å². The summed E-state index contributed by atoms with van der Waals surface area (Å²) < 4.78 is 11.9. The number of phenolic OH excluding ortho intramolecular Hbond substituents is 2. The summed E-state index contributed by atoms with van der Waals surface area (Å²) >= 11 is 0. The zero-order chi connectivity index (χ0) is 36.6. The number of rotatable bonds is 33. The van der Waals surface area contributed by atoms with E-state index in [1.807, 2.05) is 31.2 Å². The molecule has 2 N–H and O–H groups in total. The van der Waals surface area contributed by atoms with E-state index in [9.17, 15) is 10.2 Å². The number of aliphatic imine (C=N–C) groups is 2. The summed E-state index contributed by atoms with van der Waals surface area (Å²) in [5.41, 5.74) is 1.27. The molecule has 0 aliphatic heterocycles. The maximum atomic E-state index is 10.4. The van der Waals surface area contributed by atoms with Crippen molar-refractivity contribution in [2.45, 2.75) is 181 Å². The first-order valence-corrected chi connectivity index (χ1v) is 21.0. The highest BCUT2D eigenvalue weighted by atomic mass is 16.5. The van der Waals surface area contributed by atoms with E-state index < -0.39 is 0 Å². The minimum atomic E-state index is -0.0985. The second-order valence-corrected chi connectivity index (χ2v) is 14.5. The third-order valence-corrected chi connectivity index (χ3v) is 9.60. The summed E-state index contributed by atoms with van der Waals surface area (Å²) in [6.45, 7) is 8.34. The minimum Gasteiger partial charge on any atom is -0.507 e. The lowest BCUT2D eigenvalue weighted by molar-refractivity contribution is 0.303. The van der Waals surface area contributed by atoms with Gasteiger partial charge >= 0.3 is 0 Å². The van der Waals surface area contributed by atoms with Gasteiger partial charge in [0.2, 0.25) is 0 Å². The maximum Gasteiger partial charge on any atom is 0.124 e. The number of benzene rings is 2. The van der Waals surface area contributed by atoms with E-state index in [1.54, 1.807) is 24.6 Å². The molecule has 2 aromatic carbocycles. The average molecular weight is 707 g/mol. The number of unbranched alkanes of at least 4 members (excludes halogenated alkanes) is 22. The molecule has 288 valence electrons. The molecule has 6 heteroatoms. The van der Waals surface area contributed by atoms with Gasteiger partial charge in [0.25, 0.3) is 0 Å². The molecule has 0 aromatic heterocycles. The van der Waals surface area contributed by atoms with E-state index in [1.165, 1.54) is 141 Å². The second-order valence-electron chi connectivity index (χ2n) is 14.5. The Morgan fingerprint density at radius 2 is 0.863 bits per heavy atom. The van der Waals surface area contributed by atoms with E-state index in [2.05, 4.69) is 23.8 Å². The average Bonchev–Trinajstić information content (AvgIpc) is 3.13. The van der Waals surface area contributed by atoms with Gasteiger partial charge in [-0.15, -0.1) is 0 Å². The summed E-state index contributed by atoms with van der Waals surface area (Å²) in [6, 6.07) is 10.5. The van der Waals surface area contributed by atoms with Crippen molar-refractivity contribution in [3.8, 4) is 23.0 Å². The summed E-state index contributed by atoms with van der Waals surface area (Å²) in [6.07, 6.45) is 35.1. The predicted molar refractivity (Wildman–Crippen MR) is 219 cm³/mol. The van der Waals surface area contributed by atoms with Gasteiger partial charge in [-0.25, -0.2) is 0 Å². The van der Waals surface area contributed by atoms with Crippen LogP contribution in [0.4, 0.5) is 0 Å². The SMILES string of the molecule is CCCCCCCCCCCCCCOc1ccc(O)c(C=NCC(C)N=Cc2cc(OCCCCCCCCCCCCCC)ccc2O)c1. The molecule has 2 rings (SSSR count). The van der Waals surface area contributed by atoms with Crippen molar-refractivity contribution in [3.05, 3.63) is 47.5 Å². The number of phenols is 2. The van der Waals surface area contributed by atoms with E-state index >= 15 is 0 Å². The predicted octanol–water partition coefficient (Wildman–Crippen LogP) is 13.2. The standard InChI is InChI=1S/C45H74N2O4/c1-4-6-8-10-12-14-16-18-20-22-24-26-32-50-42-28-30-44(48)40(34-42)37-46-36-39(3)47-38-41-35-43(29-31-45(41)49)51-33-27-25-23-21-19-17-15-13-11-9-7-5-2/h28-31,34-35,37-39,48-49H,4-27,32-33,36H2,1-3H3. The first-order chi connectivity index (χ1) is 25.0. The summed E-state index contributed by atoms with van der Waals surface area (Å²) in [5, 5.41) is 20.7. The van der Waals surface area contributed by atoms with Gasteiger partial charge < -0.3 is 19.7 Å². The summed E-state index contributed by atoms with van der Waals surface area (Å²) in [4.78, 5) is 9.12. The molecule has 0 aliphatic rings. The van der Waals surface area contributed by atoms with Crippen LogP contribution in [0, 0.1) is 0 Å². The Labute approximate surface area is 312 Å². The van der Waals surface area contributed by atoms with Crippen LogP contribution < -0.4 is 9.47 Å². The molecule has 0 amide bonds. The third-order valence-electron chi connectivity index (χ3n) is 9.60. The van der Waals surface area contributed by atoms with Crippen molar-refractivity contribution in [3.63, 3.8) is 0 Å². The molecular weight excluding hydrogens is 633 g/mol. The van der Waals surface area contributed by atoms with Crippen LogP contribution in [0.3, 0.4) is 0 Å². The van der Waals surface area contributed by atoms with E-state index in [0.717, 1.165) is 24.3 Å². The highest BCUT2D eigenvalue weighted by molar-refractivity contribution is 5.85. The molecule has 0 radical (unpaired) electrons. The first-order valence-electron chi connectivity index (χ1n) is 21.0. The van der Waals surface area contributed by atoms with Gasteiger partial charge in [-0.3, -0.25) is 9.98 Å². The fourth-order valence-electron chi connectivity index (χ4n) is 6.28. The Bertz CT molecular complexity index is 1180. The minimum absolute atomic E-state index is 0.0985. The van der Waals surface area contributed by atoms with Crippen LogP contribution in [0.5, 0.6) is 23.0 Å². The molecule has 0 heterocycles. The molecular formula is C45H74N2O4. The lowest BCUT2D eigenvalue weighted by atomic mass is 10.1. The zero-order valence-electron chi connectivity index (χ0n) is 32.9. The number of hydrogen-bond donors (Lipinski definition) is 2. The fraction of sp³-hybridized carbons (Fsp3) is 0.689. The van der Waals surface area contributed by atoms with E-state index in [0.29, 0.717) is 30.9 Å². The molecule has 1 atom stereocenters. The highest BCUT2D eigenvalue weighted by Crippen LogP contribution is 2.24. The number of ether oxygens (including phenoxy) is 2. The van der Waals surface area contributed by atoms with E-state index in [4.69, 9.17) is 9.47 Å². The van der Waals surface area contributed by atoms with Crippen LogP contribution in [0.15, 0.2) is 46.4 Å². The van der Waals surface area contributed by atoms with Crippen LogP contribution in [0.1, 0.15) is 186 Å². The molecule has 2 aromatic rings. The number of aromatic hydroxyl groups is 2. The normalized spacial score (nSPS) is 12.3. The first kappa shape index (κ1) is 44.1. The molecule has 0 saturated carbocycles. The van der Waals surface area contributed by atoms with Gasteiger partial charge in [0.05, 0.1) is 25.8 Å². The molecule has 0 bridgehead atoms. The van der Waals surface area contributed by atoms with Gasteiger partial charge in [0.15, 0.2) is 0 Å². The molecule has 1 unspecified atom stereocenters. The zero-order valence-corrected chi connectivity index (χ0v) is 32.9. The number of hydrogen-bond acceptors (Lipinski definition) is 6. The summed E-state index contributed by atoms with van der Waals surface area (Å²) in [5.74, 6) is 1.86. The third kappa shape index (κ3) is 23.2. The molecule has 0 aliphatic carbocycles. The molecule has 0 fully saturated rings. The van der Waals surface area contributed by atoms with Crippen LogP contribution in [-0.2, 0) is 0 Å². The van der Waals surface area contributed by atoms with Crippen molar-refractivity contribution in [1.29, 1.82) is 0 Å². The molecule has 0 spiro atoms. The van der Waals surface area contributed by atoms with Crippen molar-refractivity contribution < 1.29 is 19.7 Å². The highest BCUT2D eigenvalue weighted by Gasteiger charge is 2.05. The molecule has 0 saturated heterocycles. The Balaban J connectivity index is 1.61. The van der Waals surface area contributed by atoms with Crippen molar-refractivity contribution >= 4 is 12.4 Å². The Morgan fingerprint density at radius 1 is 0.510 bits per heavy atom. The van der Waals surface area contributed by atoms with Gasteiger partial charge in [-0.1, -0.05) is 155 Å². The monoisotopic (exact) mass is 707 g/mol. The Kier molecular flexibility index (Phi) is 26.5. The smallest absolute Gasteiger partial charge is 0.124 e. The quantitative estimate of drug-likeness (QED) is 0.0571. The second kappa shape index (κ2) is 30.6. The fourth-order valence-corrected chi connectivity index (χ4v) is 6.28. The molecule has 51 heavy (non-hydrogen) atoms. The van der Waals surface area contributed by atoms with Crippen molar-refractivity contribution in [1.82, 2.24) is 0 Å². The van der Waals surface area contributed by atoms with Gasteiger partial charge in [-0.05, 0) is 56.2 Å². The van der Waals surface area contributed by atoms with Gasteiger partial charge in [-0.2, -0.15) is 0 Å². The van der Waals surface area contributed by atoms with Gasteiger partial charge in [0, 0.05) is 23.6 Å². The molecule has 6 nitrogen and oxygen atoms in total. The van der Waals surface area contributed by atoms with Crippen LogP contribution in [0.2, 0.25) is 0 Å².